The van der Waals surface area contributed by atoms with Gasteiger partial charge in [-0.2, -0.15) is 16.7 Å². The number of carbonyl (C=O) groups excluding carboxylic acids is 2. The van der Waals surface area contributed by atoms with Crippen LogP contribution >= 0.6 is 11.8 Å². The lowest BCUT2D eigenvalue weighted by Crippen LogP contribution is -2.44. The number of hydrogen-bond acceptors (Lipinski definition) is 6. The number of carbonyl (C=O) groups is 2. The molecule has 0 spiro atoms. The van der Waals surface area contributed by atoms with Crippen molar-refractivity contribution < 1.29 is 14.1 Å². The molecular formula is C9H13N5O3S. The maximum Gasteiger partial charge on any atom is 0.317 e. The smallest absolute Gasteiger partial charge is 0.317 e. The van der Waals surface area contributed by atoms with Crippen LogP contribution in [0.2, 0.25) is 0 Å². The highest BCUT2D eigenvalue weighted by molar-refractivity contribution is 7.99. The van der Waals surface area contributed by atoms with Gasteiger partial charge in [0.1, 0.15) is 0 Å². The molecule has 3 amide bonds. The normalized spacial score (nSPS) is 15.4. The predicted octanol–water partition coefficient (Wildman–Crippen LogP) is -0.573. The van der Waals surface area contributed by atoms with Crippen molar-refractivity contribution >= 4 is 23.7 Å². The van der Waals surface area contributed by atoms with Crippen molar-refractivity contribution in [1.29, 1.82) is 0 Å². The second-order valence-corrected chi connectivity index (χ2v) is 4.86. The van der Waals surface area contributed by atoms with E-state index in [0.717, 1.165) is 24.6 Å². The fourth-order valence-electron chi connectivity index (χ4n) is 1.46. The van der Waals surface area contributed by atoms with E-state index < -0.39 is 5.91 Å². The number of hydrogen-bond donors (Lipinski definition) is 2. The van der Waals surface area contributed by atoms with Gasteiger partial charge in [-0.1, -0.05) is 5.16 Å². The number of urea groups is 1. The summed E-state index contributed by atoms with van der Waals surface area (Å²) in [5, 5.41) is 6.19. The van der Waals surface area contributed by atoms with Gasteiger partial charge in [-0.25, -0.2) is 4.79 Å². The third-order valence-electron chi connectivity index (χ3n) is 2.37. The molecule has 8 nitrogen and oxygen atoms in total. The molecule has 0 atom stereocenters. The van der Waals surface area contributed by atoms with Crippen LogP contribution in [-0.4, -0.2) is 51.6 Å². The zero-order valence-corrected chi connectivity index (χ0v) is 10.4. The van der Waals surface area contributed by atoms with Crippen LogP contribution in [0.15, 0.2) is 4.52 Å². The Labute approximate surface area is 107 Å². The SMILES string of the molecule is NC(=O)c1nc(CNC(=O)N2CCSCC2)no1. The molecule has 98 valence electrons. The Morgan fingerprint density at radius 1 is 1.44 bits per heavy atom. The molecule has 1 fully saturated rings. The lowest BCUT2D eigenvalue weighted by molar-refractivity contribution is 0.0958. The Hall–Kier alpha value is -1.77. The van der Waals surface area contributed by atoms with E-state index in [-0.39, 0.29) is 24.3 Å². The van der Waals surface area contributed by atoms with Crippen LogP contribution in [0.25, 0.3) is 0 Å². The summed E-state index contributed by atoms with van der Waals surface area (Å²) in [5.74, 6) is 1.08. The van der Waals surface area contributed by atoms with Gasteiger partial charge >= 0.3 is 17.8 Å². The summed E-state index contributed by atoms with van der Waals surface area (Å²) in [4.78, 5) is 27.9. The number of primary amides is 1. The summed E-state index contributed by atoms with van der Waals surface area (Å²) in [6, 6.07) is -0.166. The number of rotatable bonds is 3. The van der Waals surface area contributed by atoms with Crippen LogP contribution in [-0.2, 0) is 6.54 Å². The molecule has 0 unspecified atom stereocenters. The molecule has 2 rings (SSSR count). The lowest BCUT2D eigenvalue weighted by atomic mass is 10.5. The Bertz CT molecular complexity index is 443. The number of thioether (sulfide) groups is 1. The molecule has 0 aliphatic carbocycles. The monoisotopic (exact) mass is 271 g/mol. The van der Waals surface area contributed by atoms with Gasteiger partial charge in [0, 0.05) is 24.6 Å². The average Bonchev–Trinajstić information content (AvgIpc) is 2.86. The highest BCUT2D eigenvalue weighted by Crippen LogP contribution is 2.09. The molecule has 1 aromatic heterocycles. The minimum Gasteiger partial charge on any atom is -0.361 e. The Kier molecular flexibility index (Phi) is 4.03. The number of nitrogens with zero attached hydrogens (tertiary/aromatic N) is 3. The van der Waals surface area contributed by atoms with Crippen molar-refractivity contribution in [3.05, 3.63) is 11.7 Å². The number of nitrogens with one attached hydrogen (secondary N) is 1. The van der Waals surface area contributed by atoms with Gasteiger partial charge in [-0.05, 0) is 0 Å². The molecule has 1 aliphatic heterocycles. The van der Waals surface area contributed by atoms with Crippen molar-refractivity contribution in [2.24, 2.45) is 5.73 Å². The number of aromatic nitrogens is 2. The van der Waals surface area contributed by atoms with Crippen molar-refractivity contribution in [2.45, 2.75) is 6.54 Å². The molecule has 0 bridgehead atoms. The average molecular weight is 271 g/mol. The first kappa shape index (κ1) is 12.7. The van der Waals surface area contributed by atoms with E-state index in [9.17, 15) is 9.59 Å². The number of amides is 3. The topological polar surface area (TPSA) is 114 Å². The van der Waals surface area contributed by atoms with E-state index in [1.165, 1.54) is 0 Å². The third-order valence-corrected chi connectivity index (χ3v) is 3.32. The Morgan fingerprint density at radius 2 is 2.17 bits per heavy atom. The van der Waals surface area contributed by atoms with Crippen molar-refractivity contribution in [1.82, 2.24) is 20.4 Å². The fraction of sp³-hybridized carbons (Fsp3) is 0.556. The van der Waals surface area contributed by atoms with E-state index in [1.54, 1.807) is 4.90 Å². The van der Waals surface area contributed by atoms with Gasteiger partial charge in [0.2, 0.25) is 0 Å². The van der Waals surface area contributed by atoms with Gasteiger partial charge in [0.25, 0.3) is 0 Å². The second kappa shape index (κ2) is 5.71. The highest BCUT2D eigenvalue weighted by Gasteiger charge is 2.17. The largest absolute Gasteiger partial charge is 0.361 e. The minimum atomic E-state index is -0.784. The van der Waals surface area contributed by atoms with Gasteiger partial charge in [0.05, 0.1) is 6.54 Å². The highest BCUT2D eigenvalue weighted by atomic mass is 32.2. The summed E-state index contributed by atoms with van der Waals surface area (Å²) in [6.45, 7) is 1.57. The zero-order valence-electron chi connectivity index (χ0n) is 9.59. The molecule has 2 heterocycles. The minimum absolute atomic E-state index is 0.110. The summed E-state index contributed by atoms with van der Waals surface area (Å²) < 4.78 is 4.60. The second-order valence-electron chi connectivity index (χ2n) is 3.64. The molecular weight excluding hydrogens is 258 g/mol. The molecule has 1 aromatic rings. The van der Waals surface area contributed by atoms with Gasteiger partial charge in [-0.15, -0.1) is 0 Å². The van der Waals surface area contributed by atoms with Crippen LogP contribution in [0.3, 0.4) is 0 Å². The quantitative estimate of drug-likeness (QED) is 0.760. The van der Waals surface area contributed by atoms with Gasteiger partial charge in [-0.3, -0.25) is 4.79 Å². The maximum atomic E-state index is 11.7. The summed E-state index contributed by atoms with van der Waals surface area (Å²) in [6.07, 6.45) is 0. The molecule has 1 saturated heterocycles. The Balaban J connectivity index is 1.82. The Morgan fingerprint density at radius 3 is 2.78 bits per heavy atom. The zero-order chi connectivity index (χ0) is 13.0. The van der Waals surface area contributed by atoms with Gasteiger partial charge in [0.15, 0.2) is 5.82 Å². The van der Waals surface area contributed by atoms with Crippen LogP contribution in [0.1, 0.15) is 16.5 Å². The van der Waals surface area contributed by atoms with Crippen molar-refractivity contribution in [2.75, 3.05) is 24.6 Å². The van der Waals surface area contributed by atoms with E-state index >= 15 is 0 Å². The summed E-state index contributed by atoms with van der Waals surface area (Å²) >= 11 is 1.82. The summed E-state index contributed by atoms with van der Waals surface area (Å²) in [7, 11) is 0. The summed E-state index contributed by atoms with van der Waals surface area (Å²) in [5.41, 5.74) is 4.97. The molecule has 1 aliphatic rings. The van der Waals surface area contributed by atoms with E-state index in [1.807, 2.05) is 11.8 Å². The third kappa shape index (κ3) is 3.13. The fourth-order valence-corrected chi connectivity index (χ4v) is 2.36. The standard InChI is InChI=1S/C9H13N5O3S/c10-7(15)8-12-6(13-17-8)5-11-9(16)14-1-3-18-4-2-14/h1-5H2,(H2,10,15)(H,11,16). The molecule has 18 heavy (non-hydrogen) atoms. The molecule has 0 aromatic carbocycles. The van der Waals surface area contributed by atoms with E-state index in [4.69, 9.17) is 5.73 Å². The molecule has 0 saturated carbocycles. The number of nitrogens with two attached hydrogens (primary N) is 1. The van der Waals surface area contributed by atoms with Crippen LogP contribution in [0.5, 0.6) is 0 Å². The van der Waals surface area contributed by atoms with Crippen LogP contribution in [0.4, 0.5) is 4.79 Å². The van der Waals surface area contributed by atoms with E-state index in [2.05, 4.69) is 20.0 Å². The van der Waals surface area contributed by atoms with Crippen molar-refractivity contribution in [3.63, 3.8) is 0 Å². The first-order chi connectivity index (χ1) is 8.66. The van der Waals surface area contributed by atoms with Crippen LogP contribution in [0, 0.1) is 0 Å². The van der Waals surface area contributed by atoms with Gasteiger partial charge < -0.3 is 20.5 Å². The first-order valence-corrected chi connectivity index (χ1v) is 6.55. The molecule has 3 N–H and O–H groups in total. The lowest BCUT2D eigenvalue weighted by Gasteiger charge is -2.26. The predicted molar refractivity (Wildman–Crippen MR) is 63.9 cm³/mol. The van der Waals surface area contributed by atoms with E-state index in [0.29, 0.717) is 0 Å². The molecule has 9 heteroatoms. The maximum absolute atomic E-state index is 11.7. The molecule has 0 radical (unpaired) electrons. The van der Waals surface area contributed by atoms with Crippen molar-refractivity contribution in [3.8, 4) is 0 Å². The first-order valence-electron chi connectivity index (χ1n) is 5.39. The van der Waals surface area contributed by atoms with Crippen LogP contribution < -0.4 is 11.1 Å².